The van der Waals surface area contributed by atoms with E-state index >= 15 is 0 Å². The lowest BCUT2D eigenvalue weighted by molar-refractivity contribution is -0.115. The molecular weight excluding hydrogens is 413 g/mol. The van der Waals surface area contributed by atoms with Gasteiger partial charge in [0.05, 0.1) is 34.4 Å². The number of carbonyl (C=O) groups excluding carboxylic acids is 1. The lowest BCUT2D eigenvalue weighted by Gasteiger charge is -2.30. The maximum absolute atomic E-state index is 12.9. The van der Waals surface area contributed by atoms with Crippen LogP contribution in [0.5, 0.6) is 0 Å². The topological polar surface area (TPSA) is 109 Å². The first-order valence-corrected chi connectivity index (χ1v) is 9.30. The van der Waals surface area contributed by atoms with Gasteiger partial charge in [-0.15, -0.1) is 13.2 Å². The van der Waals surface area contributed by atoms with Crippen molar-refractivity contribution in [1.29, 1.82) is 0 Å². The van der Waals surface area contributed by atoms with E-state index in [1.165, 1.54) is 35.5 Å². The van der Waals surface area contributed by atoms with Gasteiger partial charge in [-0.25, -0.2) is 9.30 Å². The molecule has 0 amide bonds. The molecule has 0 radical (unpaired) electrons. The minimum absolute atomic E-state index is 0.0490. The maximum Gasteiger partial charge on any atom is 0.495 e. The molecule has 2 aromatic rings. The van der Waals surface area contributed by atoms with E-state index < -0.39 is 38.9 Å². The summed E-state index contributed by atoms with van der Waals surface area (Å²) in [6, 6.07) is 5.95. The number of hydrogen-bond donors (Lipinski definition) is 1. The number of anilines is 2. The Morgan fingerprint density at radius 1 is 1.24 bits per heavy atom. The molecule has 0 spiro atoms. The summed E-state index contributed by atoms with van der Waals surface area (Å²) in [5.74, 6) is -0.472. The average molecular weight is 425 g/mol. The number of pyridine rings is 1. The first-order valence-electron chi connectivity index (χ1n) is 8.27. The molecule has 0 saturated carbocycles. The van der Waals surface area contributed by atoms with E-state index in [1.807, 2.05) is 0 Å². The highest BCUT2D eigenvalue weighted by Gasteiger charge is 2.52. The molecule has 1 aromatic carbocycles. The van der Waals surface area contributed by atoms with E-state index in [4.69, 9.17) is 0 Å². The number of rotatable bonds is 3. The largest absolute Gasteiger partial charge is 0.755 e. The molecule has 2 aliphatic rings. The number of aliphatic hydroxyl groups is 1. The van der Waals surface area contributed by atoms with Gasteiger partial charge in [0.1, 0.15) is 5.84 Å². The van der Waals surface area contributed by atoms with Crippen LogP contribution in [0.2, 0.25) is 0 Å². The number of ketones is 1. The highest BCUT2D eigenvalue weighted by atomic mass is 32.2. The van der Waals surface area contributed by atoms with Crippen molar-refractivity contribution >= 4 is 39.9 Å². The summed E-state index contributed by atoms with van der Waals surface area (Å²) in [5.41, 5.74) is -1.57. The van der Waals surface area contributed by atoms with Crippen molar-refractivity contribution in [3.63, 3.8) is 0 Å². The van der Waals surface area contributed by atoms with E-state index in [0.717, 1.165) is 12.1 Å². The van der Waals surface area contributed by atoms with Crippen LogP contribution in [-0.4, -0.2) is 48.9 Å². The lowest BCUT2D eigenvalue weighted by atomic mass is 9.88. The fraction of sp³-hybridized carbons (Fsp3) is 0.235. The number of halogens is 3. The monoisotopic (exact) mass is 425 g/mol. The summed E-state index contributed by atoms with van der Waals surface area (Å²) in [6.45, 7) is 0.193. The molecule has 2 atom stereocenters. The summed E-state index contributed by atoms with van der Waals surface area (Å²) in [6.07, 6.45) is -2.27. The van der Waals surface area contributed by atoms with E-state index in [9.17, 15) is 31.8 Å². The standard InChI is InChI=1S/C17H13F3N4O4S/c18-17(19,20)24(29(27)28)11-3-1-10(2-4-11)23-8-6-16(26)14(25)12-5-7-21-9-13(12)22-15(16)23/h1-5,7,9,26H,6,8H2,(H,27,28)/p-1. The quantitative estimate of drug-likeness (QED) is 0.596. The number of hydrogen-bond acceptors (Lipinski definition) is 7. The SMILES string of the molecule is O=C1c2ccncc2N=C2N(c3ccc(N(S(=O)[O-])C(F)(F)F)cc3)CCC12O. The molecule has 8 nitrogen and oxygen atoms in total. The number of alkyl halides is 3. The predicted molar refractivity (Wildman–Crippen MR) is 96.5 cm³/mol. The number of benzene rings is 1. The Kier molecular flexibility index (Phi) is 4.44. The fourth-order valence-corrected chi connectivity index (χ4v) is 3.89. The average Bonchev–Trinajstić information content (AvgIpc) is 2.99. The first kappa shape index (κ1) is 19.5. The molecule has 0 aliphatic carbocycles. The summed E-state index contributed by atoms with van der Waals surface area (Å²) in [4.78, 5) is 22.5. The molecule has 3 heterocycles. The highest BCUT2D eigenvalue weighted by molar-refractivity contribution is 7.80. The Bertz CT molecular complexity index is 1040. The Balaban J connectivity index is 1.71. The number of Topliss-reactive ketones (excluding diaryl/α,β-unsaturated/α-hetero) is 1. The van der Waals surface area contributed by atoms with Crippen LogP contribution >= 0.6 is 0 Å². The molecule has 1 aromatic heterocycles. The van der Waals surface area contributed by atoms with Crippen LogP contribution < -0.4 is 9.21 Å². The zero-order valence-corrected chi connectivity index (χ0v) is 15.3. The second kappa shape index (κ2) is 6.61. The second-order valence-electron chi connectivity index (χ2n) is 6.41. The van der Waals surface area contributed by atoms with Gasteiger partial charge in [0.2, 0.25) is 5.78 Å². The molecule has 2 aliphatic heterocycles. The summed E-state index contributed by atoms with van der Waals surface area (Å²) in [5, 5.41) is 10.9. The molecule has 12 heteroatoms. The van der Waals surface area contributed by atoms with Gasteiger partial charge in [0, 0.05) is 24.8 Å². The van der Waals surface area contributed by atoms with Crippen molar-refractivity contribution in [3.8, 4) is 0 Å². The van der Waals surface area contributed by atoms with Crippen molar-refractivity contribution in [2.75, 3.05) is 15.7 Å². The number of amidine groups is 1. The Labute approximate surface area is 164 Å². The Hall–Kier alpha value is -2.83. The molecule has 0 bridgehead atoms. The number of fused-ring (bicyclic) bond motifs is 2. The summed E-state index contributed by atoms with van der Waals surface area (Å²) in [7, 11) is 0. The van der Waals surface area contributed by atoms with Crippen LogP contribution in [0, 0.1) is 0 Å². The third-order valence-electron chi connectivity index (χ3n) is 4.74. The van der Waals surface area contributed by atoms with E-state index in [-0.39, 0.29) is 30.1 Å². The van der Waals surface area contributed by atoms with Gasteiger partial charge >= 0.3 is 6.30 Å². The number of aromatic nitrogens is 1. The highest BCUT2D eigenvalue weighted by Crippen LogP contribution is 2.39. The molecule has 1 saturated heterocycles. The third-order valence-corrected chi connectivity index (χ3v) is 5.46. The molecule has 4 rings (SSSR count). The van der Waals surface area contributed by atoms with Crippen molar-refractivity contribution in [2.45, 2.75) is 18.3 Å². The van der Waals surface area contributed by atoms with Gasteiger partial charge in [0.15, 0.2) is 5.60 Å². The third kappa shape index (κ3) is 3.09. The smallest absolute Gasteiger partial charge is 0.495 e. The second-order valence-corrected chi connectivity index (χ2v) is 7.21. The van der Waals surface area contributed by atoms with Gasteiger partial charge < -0.3 is 14.6 Å². The normalized spacial score (nSPS) is 22.0. The molecule has 1 N–H and O–H groups in total. The Morgan fingerprint density at radius 3 is 2.55 bits per heavy atom. The van der Waals surface area contributed by atoms with Crippen molar-refractivity contribution in [1.82, 2.24) is 4.98 Å². The van der Waals surface area contributed by atoms with Crippen molar-refractivity contribution in [2.24, 2.45) is 4.99 Å². The fourth-order valence-electron chi connectivity index (χ4n) is 3.42. The van der Waals surface area contributed by atoms with Gasteiger partial charge in [-0.3, -0.25) is 14.0 Å². The number of aliphatic imine (C=N–C) groups is 1. The minimum Gasteiger partial charge on any atom is -0.755 e. The van der Waals surface area contributed by atoms with E-state index in [1.54, 1.807) is 0 Å². The van der Waals surface area contributed by atoms with Crippen LogP contribution in [0.25, 0.3) is 0 Å². The van der Waals surface area contributed by atoms with Crippen LogP contribution in [0.3, 0.4) is 0 Å². The van der Waals surface area contributed by atoms with Gasteiger partial charge in [-0.2, -0.15) is 0 Å². The Morgan fingerprint density at radius 2 is 1.93 bits per heavy atom. The lowest BCUT2D eigenvalue weighted by Crippen LogP contribution is -2.48. The molecule has 152 valence electrons. The van der Waals surface area contributed by atoms with Crippen molar-refractivity contribution < 1.29 is 31.8 Å². The van der Waals surface area contributed by atoms with E-state index in [2.05, 4.69) is 9.98 Å². The van der Waals surface area contributed by atoms with Crippen LogP contribution in [0.1, 0.15) is 16.8 Å². The first-order chi connectivity index (χ1) is 13.6. The summed E-state index contributed by atoms with van der Waals surface area (Å²) >= 11 is -3.55. The number of nitrogens with zero attached hydrogens (tertiary/aromatic N) is 4. The zero-order chi connectivity index (χ0) is 21.0. The molecule has 1 fully saturated rings. The van der Waals surface area contributed by atoms with E-state index in [0.29, 0.717) is 5.69 Å². The predicted octanol–water partition coefficient (Wildman–Crippen LogP) is 2.07. The minimum atomic E-state index is -5.11. The van der Waals surface area contributed by atoms with Crippen LogP contribution in [0.15, 0.2) is 47.7 Å². The molecule has 29 heavy (non-hydrogen) atoms. The van der Waals surface area contributed by atoms with Gasteiger partial charge in [0.25, 0.3) is 0 Å². The zero-order valence-electron chi connectivity index (χ0n) is 14.5. The maximum atomic E-state index is 12.9. The van der Waals surface area contributed by atoms with Gasteiger partial charge in [-0.05, 0) is 30.3 Å². The van der Waals surface area contributed by atoms with Gasteiger partial charge in [-0.1, -0.05) is 0 Å². The molecule has 2 unspecified atom stereocenters. The van der Waals surface area contributed by atoms with Crippen LogP contribution in [0.4, 0.5) is 30.2 Å². The number of carbonyl (C=O) groups is 1. The molecular formula is C17H12F3N4O4S-. The summed E-state index contributed by atoms with van der Waals surface area (Å²) < 4.78 is 60.1. The van der Waals surface area contributed by atoms with Crippen LogP contribution in [-0.2, 0) is 11.3 Å². The van der Waals surface area contributed by atoms with Crippen molar-refractivity contribution in [3.05, 3.63) is 48.3 Å².